The van der Waals surface area contributed by atoms with E-state index in [1.807, 2.05) is 54.6 Å². The number of nitrogens with zero attached hydrogens (tertiary/aromatic N) is 4. The smallest absolute Gasteiger partial charge is 0.256 e. The van der Waals surface area contributed by atoms with E-state index in [0.717, 1.165) is 51.8 Å². The van der Waals surface area contributed by atoms with Crippen molar-refractivity contribution in [1.82, 2.24) is 19.4 Å². The van der Waals surface area contributed by atoms with E-state index in [1.54, 1.807) is 12.4 Å². The quantitative estimate of drug-likeness (QED) is 0.405. The van der Waals surface area contributed by atoms with Crippen molar-refractivity contribution in [1.29, 1.82) is 0 Å². The molecule has 0 saturated carbocycles. The summed E-state index contributed by atoms with van der Waals surface area (Å²) in [5.74, 6) is -0.157. The van der Waals surface area contributed by atoms with Crippen LogP contribution in [0.3, 0.4) is 0 Å². The van der Waals surface area contributed by atoms with Crippen LogP contribution in [-0.2, 0) is 6.54 Å². The number of hydrogen-bond donors (Lipinski definition) is 1. The Labute approximate surface area is 192 Å². The number of hydrogen-bond acceptors (Lipinski definition) is 4. The monoisotopic (exact) mass is 435 g/mol. The predicted octanol–water partition coefficient (Wildman–Crippen LogP) is 5.07. The summed E-state index contributed by atoms with van der Waals surface area (Å²) in [4.78, 5) is 24.4. The second-order valence-corrected chi connectivity index (χ2v) is 8.35. The number of pyridine rings is 2. The van der Waals surface area contributed by atoms with E-state index in [4.69, 9.17) is 4.98 Å². The van der Waals surface area contributed by atoms with Gasteiger partial charge in [0, 0.05) is 59.2 Å². The molecule has 5 aromatic rings. The van der Waals surface area contributed by atoms with Gasteiger partial charge in [0.15, 0.2) is 0 Å². The van der Waals surface area contributed by atoms with Gasteiger partial charge in [-0.1, -0.05) is 18.2 Å². The highest BCUT2D eigenvalue weighted by atomic mass is 16.1. The van der Waals surface area contributed by atoms with E-state index >= 15 is 0 Å². The highest BCUT2D eigenvalue weighted by Crippen LogP contribution is 2.26. The third-order valence-corrected chi connectivity index (χ3v) is 5.75. The molecular weight excluding hydrogens is 410 g/mol. The van der Waals surface area contributed by atoms with Crippen LogP contribution in [-0.4, -0.2) is 46.0 Å². The molecule has 2 aromatic carbocycles. The molecule has 6 nitrogen and oxygen atoms in total. The number of fused-ring (bicyclic) bond motifs is 2. The second kappa shape index (κ2) is 8.84. The van der Waals surface area contributed by atoms with Crippen molar-refractivity contribution in [2.45, 2.75) is 6.54 Å². The molecule has 1 amide bonds. The van der Waals surface area contributed by atoms with E-state index in [-0.39, 0.29) is 5.91 Å². The van der Waals surface area contributed by atoms with Gasteiger partial charge in [-0.25, -0.2) is 4.98 Å². The molecular formula is C27H25N5O. The summed E-state index contributed by atoms with van der Waals surface area (Å²) in [6, 6.07) is 21.5. The number of carbonyl (C=O) groups is 1. The summed E-state index contributed by atoms with van der Waals surface area (Å²) in [7, 11) is 4.14. The predicted molar refractivity (Wildman–Crippen MR) is 133 cm³/mol. The van der Waals surface area contributed by atoms with E-state index in [0.29, 0.717) is 5.56 Å². The Balaban J connectivity index is 1.47. The first kappa shape index (κ1) is 20.8. The van der Waals surface area contributed by atoms with Gasteiger partial charge in [-0.2, -0.15) is 0 Å². The molecule has 5 rings (SSSR count). The topological polar surface area (TPSA) is 63.0 Å². The number of rotatable bonds is 6. The number of benzene rings is 2. The lowest BCUT2D eigenvalue weighted by Gasteiger charge is -2.12. The van der Waals surface area contributed by atoms with Crippen molar-refractivity contribution >= 4 is 33.4 Å². The van der Waals surface area contributed by atoms with Crippen molar-refractivity contribution in [2.24, 2.45) is 0 Å². The molecule has 1 N–H and O–H groups in total. The highest BCUT2D eigenvalue weighted by molar-refractivity contribution is 6.13. The number of nitrogens with one attached hydrogen (secondary N) is 1. The Morgan fingerprint density at radius 1 is 1.00 bits per heavy atom. The fourth-order valence-corrected chi connectivity index (χ4v) is 4.01. The summed E-state index contributed by atoms with van der Waals surface area (Å²) in [5.41, 5.74) is 4.97. The number of anilines is 1. The van der Waals surface area contributed by atoms with E-state index in [1.165, 1.54) is 0 Å². The largest absolute Gasteiger partial charge is 0.346 e. The summed E-state index contributed by atoms with van der Waals surface area (Å²) in [6.45, 7) is 1.89. The van der Waals surface area contributed by atoms with Gasteiger partial charge in [0.05, 0.1) is 16.8 Å². The summed E-state index contributed by atoms with van der Waals surface area (Å²) in [5, 5.41) is 5.01. The van der Waals surface area contributed by atoms with Crippen LogP contribution in [0.4, 0.5) is 5.69 Å². The minimum Gasteiger partial charge on any atom is -0.346 e. The minimum absolute atomic E-state index is 0.157. The minimum atomic E-state index is -0.157. The first-order valence-corrected chi connectivity index (χ1v) is 10.9. The average molecular weight is 436 g/mol. The summed E-state index contributed by atoms with van der Waals surface area (Å²) < 4.78 is 2.23. The van der Waals surface area contributed by atoms with Crippen LogP contribution < -0.4 is 5.32 Å². The number of amides is 1. The maximum Gasteiger partial charge on any atom is 0.256 e. The first-order valence-electron chi connectivity index (χ1n) is 10.9. The van der Waals surface area contributed by atoms with Crippen molar-refractivity contribution < 1.29 is 4.79 Å². The third-order valence-electron chi connectivity index (χ3n) is 5.75. The fraction of sp³-hybridized carbons (Fsp3) is 0.148. The third kappa shape index (κ3) is 4.33. The molecule has 3 heterocycles. The van der Waals surface area contributed by atoms with E-state index in [9.17, 15) is 4.79 Å². The molecule has 0 fully saturated rings. The van der Waals surface area contributed by atoms with Crippen LogP contribution in [0, 0.1) is 0 Å². The van der Waals surface area contributed by atoms with Gasteiger partial charge in [-0.15, -0.1) is 0 Å². The normalized spacial score (nSPS) is 11.4. The van der Waals surface area contributed by atoms with Gasteiger partial charge >= 0.3 is 0 Å². The van der Waals surface area contributed by atoms with Crippen molar-refractivity contribution in [3.8, 4) is 11.3 Å². The molecule has 0 unspecified atom stereocenters. The molecule has 0 aliphatic rings. The molecule has 3 aromatic heterocycles. The van der Waals surface area contributed by atoms with Gasteiger partial charge in [0.1, 0.15) is 0 Å². The lowest BCUT2D eigenvalue weighted by Crippen LogP contribution is -2.17. The lowest BCUT2D eigenvalue weighted by atomic mass is 10.0. The Hall–Kier alpha value is -4.03. The zero-order valence-corrected chi connectivity index (χ0v) is 18.7. The molecule has 6 heteroatoms. The Kier molecular flexibility index (Phi) is 5.59. The maximum absolute atomic E-state index is 13.4. The Morgan fingerprint density at radius 3 is 2.64 bits per heavy atom. The van der Waals surface area contributed by atoms with Gasteiger partial charge in [-0.05, 0) is 62.6 Å². The molecule has 0 aliphatic carbocycles. The Bertz CT molecular complexity index is 1440. The SMILES string of the molecule is CN(C)CCn1ccc2cc(NC(=O)c3cc(-c4ccncc4)nc4ccccc34)ccc21. The van der Waals surface area contributed by atoms with Gasteiger partial charge in [-0.3, -0.25) is 9.78 Å². The summed E-state index contributed by atoms with van der Waals surface area (Å²) >= 11 is 0. The Morgan fingerprint density at radius 2 is 1.82 bits per heavy atom. The van der Waals surface area contributed by atoms with Crippen LogP contribution in [0.2, 0.25) is 0 Å². The van der Waals surface area contributed by atoms with Crippen LogP contribution >= 0.6 is 0 Å². The first-order chi connectivity index (χ1) is 16.1. The molecule has 0 atom stereocenters. The zero-order chi connectivity index (χ0) is 22.8. The standard InChI is InChI=1S/C27H25N5O/c1-31(2)15-16-32-14-11-20-17-21(7-8-26(20)32)29-27(33)23-18-25(19-9-12-28-13-10-19)30-24-6-4-3-5-22(23)24/h3-14,17-18H,15-16H2,1-2H3,(H,29,33). The van der Waals surface area contributed by atoms with E-state index < -0.39 is 0 Å². The van der Waals surface area contributed by atoms with Crippen molar-refractivity contribution in [3.63, 3.8) is 0 Å². The van der Waals surface area contributed by atoms with Crippen LogP contribution in [0.15, 0.2) is 85.3 Å². The van der Waals surface area contributed by atoms with Crippen molar-refractivity contribution in [3.05, 3.63) is 90.9 Å². The van der Waals surface area contributed by atoms with Gasteiger partial charge in [0.25, 0.3) is 5.91 Å². The van der Waals surface area contributed by atoms with Gasteiger partial charge < -0.3 is 14.8 Å². The zero-order valence-electron chi connectivity index (χ0n) is 18.7. The summed E-state index contributed by atoms with van der Waals surface area (Å²) in [6.07, 6.45) is 5.55. The molecule has 0 saturated heterocycles. The molecule has 164 valence electrons. The van der Waals surface area contributed by atoms with Crippen LogP contribution in [0.25, 0.3) is 33.1 Å². The second-order valence-electron chi connectivity index (χ2n) is 8.35. The average Bonchev–Trinajstić information content (AvgIpc) is 3.24. The van der Waals surface area contributed by atoms with Crippen molar-refractivity contribution in [2.75, 3.05) is 26.0 Å². The molecule has 0 radical (unpaired) electrons. The van der Waals surface area contributed by atoms with Crippen LogP contribution in [0.1, 0.15) is 10.4 Å². The highest BCUT2D eigenvalue weighted by Gasteiger charge is 2.15. The maximum atomic E-state index is 13.4. The number of carbonyl (C=O) groups excluding carboxylic acids is 1. The van der Waals surface area contributed by atoms with E-state index in [2.05, 4.69) is 52.2 Å². The fourth-order valence-electron chi connectivity index (χ4n) is 4.01. The molecule has 0 spiro atoms. The molecule has 0 bridgehead atoms. The molecule has 33 heavy (non-hydrogen) atoms. The van der Waals surface area contributed by atoms with Gasteiger partial charge in [0.2, 0.25) is 0 Å². The number of likely N-dealkylation sites (N-methyl/N-ethyl adjacent to an activating group) is 1. The number of para-hydroxylation sites is 1. The molecule has 0 aliphatic heterocycles. The van der Waals surface area contributed by atoms with Crippen LogP contribution in [0.5, 0.6) is 0 Å². The number of aromatic nitrogens is 3. The lowest BCUT2D eigenvalue weighted by molar-refractivity contribution is 0.102.